The van der Waals surface area contributed by atoms with Gasteiger partial charge < -0.3 is 10.4 Å². The maximum Gasteiger partial charge on any atom is 0.320 e. The number of anilines is 1. The van der Waals surface area contributed by atoms with Gasteiger partial charge in [-0.1, -0.05) is 12.1 Å². The number of hydrogen-bond donors (Lipinski definition) is 2. The lowest BCUT2D eigenvalue weighted by Gasteiger charge is -2.28. The minimum atomic E-state index is -0.674. The first-order valence-corrected chi connectivity index (χ1v) is 7.49. The highest BCUT2D eigenvalue weighted by Gasteiger charge is 2.33. The van der Waals surface area contributed by atoms with Crippen molar-refractivity contribution in [3.63, 3.8) is 0 Å². The van der Waals surface area contributed by atoms with E-state index >= 15 is 0 Å². The molecule has 0 saturated carbocycles. The van der Waals surface area contributed by atoms with Gasteiger partial charge in [0.1, 0.15) is 6.04 Å². The highest BCUT2D eigenvalue weighted by Crippen LogP contribution is 2.26. The largest absolute Gasteiger partial charge is 0.480 e. The Kier molecular flexibility index (Phi) is 3.66. The summed E-state index contributed by atoms with van der Waals surface area (Å²) < 4.78 is 0. The molecule has 0 amide bonds. The van der Waals surface area contributed by atoms with Crippen LogP contribution >= 0.6 is 0 Å². The Morgan fingerprint density at radius 1 is 1.55 bits per heavy atom. The molecule has 3 rings (SSSR count). The van der Waals surface area contributed by atoms with Gasteiger partial charge in [0.2, 0.25) is 0 Å². The van der Waals surface area contributed by atoms with Crippen LogP contribution in [0.15, 0.2) is 18.2 Å². The van der Waals surface area contributed by atoms with Gasteiger partial charge in [0, 0.05) is 18.3 Å². The SMILES string of the molecule is CC(Cc1ccc2c(c1)CCN2)N1CCCC1C(=O)O. The van der Waals surface area contributed by atoms with E-state index < -0.39 is 5.97 Å². The fourth-order valence-corrected chi connectivity index (χ4v) is 3.53. The number of rotatable bonds is 4. The molecule has 0 aromatic heterocycles. The number of carboxylic acid groups (broad SMARTS) is 1. The second-order valence-corrected chi connectivity index (χ2v) is 5.96. The third-order valence-electron chi connectivity index (χ3n) is 4.56. The monoisotopic (exact) mass is 274 g/mol. The van der Waals surface area contributed by atoms with Crippen LogP contribution < -0.4 is 5.32 Å². The molecule has 1 saturated heterocycles. The second kappa shape index (κ2) is 5.44. The molecule has 0 bridgehead atoms. The maximum absolute atomic E-state index is 11.3. The molecule has 2 aliphatic rings. The zero-order valence-electron chi connectivity index (χ0n) is 11.9. The molecular weight excluding hydrogens is 252 g/mol. The summed E-state index contributed by atoms with van der Waals surface area (Å²) in [4.78, 5) is 13.4. The summed E-state index contributed by atoms with van der Waals surface area (Å²) in [6, 6.07) is 6.59. The molecule has 20 heavy (non-hydrogen) atoms. The highest BCUT2D eigenvalue weighted by atomic mass is 16.4. The molecular formula is C16H22N2O2. The number of benzene rings is 1. The minimum absolute atomic E-state index is 0.283. The number of carboxylic acids is 1. The van der Waals surface area contributed by atoms with Gasteiger partial charge in [-0.05, 0) is 56.3 Å². The maximum atomic E-state index is 11.3. The fraction of sp³-hybridized carbons (Fsp3) is 0.562. The number of nitrogens with zero attached hydrogens (tertiary/aromatic N) is 1. The van der Waals surface area contributed by atoms with E-state index in [1.165, 1.54) is 16.8 Å². The molecule has 1 aromatic carbocycles. The predicted molar refractivity (Wildman–Crippen MR) is 79.2 cm³/mol. The van der Waals surface area contributed by atoms with E-state index in [2.05, 4.69) is 35.3 Å². The topological polar surface area (TPSA) is 52.6 Å². The van der Waals surface area contributed by atoms with Crippen molar-refractivity contribution in [1.29, 1.82) is 0 Å². The van der Waals surface area contributed by atoms with Gasteiger partial charge in [-0.3, -0.25) is 9.69 Å². The first-order chi connectivity index (χ1) is 9.65. The Balaban J connectivity index is 1.69. The van der Waals surface area contributed by atoms with Crippen molar-refractivity contribution in [1.82, 2.24) is 4.90 Å². The minimum Gasteiger partial charge on any atom is -0.480 e. The van der Waals surface area contributed by atoms with Crippen LogP contribution in [0.4, 0.5) is 5.69 Å². The summed E-state index contributed by atoms with van der Waals surface area (Å²) in [7, 11) is 0. The molecule has 1 aromatic rings. The highest BCUT2D eigenvalue weighted by molar-refractivity contribution is 5.73. The van der Waals surface area contributed by atoms with Gasteiger partial charge in [0.05, 0.1) is 0 Å². The molecule has 1 fully saturated rings. The lowest BCUT2D eigenvalue weighted by Crippen LogP contribution is -2.42. The molecule has 2 N–H and O–H groups in total. The second-order valence-electron chi connectivity index (χ2n) is 5.96. The number of nitrogens with one attached hydrogen (secondary N) is 1. The lowest BCUT2D eigenvalue weighted by atomic mass is 10.0. The van der Waals surface area contributed by atoms with Crippen LogP contribution in [0.1, 0.15) is 30.9 Å². The Morgan fingerprint density at radius 3 is 3.20 bits per heavy atom. The smallest absolute Gasteiger partial charge is 0.320 e. The van der Waals surface area contributed by atoms with Crippen molar-refractivity contribution >= 4 is 11.7 Å². The molecule has 0 aliphatic carbocycles. The van der Waals surface area contributed by atoms with Crippen molar-refractivity contribution < 1.29 is 9.90 Å². The van der Waals surface area contributed by atoms with Gasteiger partial charge in [-0.15, -0.1) is 0 Å². The third kappa shape index (κ3) is 2.52. The quantitative estimate of drug-likeness (QED) is 0.883. The number of hydrogen-bond acceptors (Lipinski definition) is 3. The first-order valence-electron chi connectivity index (χ1n) is 7.49. The number of aliphatic carboxylic acids is 1. The van der Waals surface area contributed by atoms with E-state index in [9.17, 15) is 9.90 Å². The van der Waals surface area contributed by atoms with Crippen LogP contribution in [0.25, 0.3) is 0 Å². The molecule has 108 valence electrons. The van der Waals surface area contributed by atoms with Crippen LogP contribution in [0.3, 0.4) is 0 Å². The summed E-state index contributed by atoms with van der Waals surface area (Å²) >= 11 is 0. The molecule has 2 atom stereocenters. The number of carbonyl (C=O) groups is 1. The molecule has 0 spiro atoms. The van der Waals surface area contributed by atoms with Crippen molar-refractivity contribution in [2.45, 2.75) is 44.7 Å². The number of likely N-dealkylation sites (tertiary alicyclic amines) is 1. The predicted octanol–water partition coefficient (Wildman–Crippen LogP) is 2.13. The Bertz CT molecular complexity index is 515. The van der Waals surface area contributed by atoms with Gasteiger partial charge in [-0.25, -0.2) is 0 Å². The first kappa shape index (κ1) is 13.4. The molecule has 2 aliphatic heterocycles. The van der Waals surface area contributed by atoms with E-state index in [0.717, 1.165) is 38.8 Å². The normalized spacial score (nSPS) is 23.4. The summed E-state index contributed by atoms with van der Waals surface area (Å²) in [6.07, 6.45) is 3.80. The van der Waals surface area contributed by atoms with Crippen molar-refractivity contribution in [2.24, 2.45) is 0 Å². The van der Waals surface area contributed by atoms with Crippen LogP contribution in [0, 0.1) is 0 Å². The Morgan fingerprint density at radius 2 is 2.40 bits per heavy atom. The fourth-order valence-electron chi connectivity index (χ4n) is 3.53. The van der Waals surface area contributed by atoms with Gasteiger partial charge in [-0.2, -0.15) is 0 Å². The van der Waals surface area contributed by atoms with Crippen LogP contribution in [-0.2, 0) is 17.6 Å². The number of fused-ring (bicyclic) bond motifs is 1. The van der Waals surface area contributed by atoms with Crippen LogP contribution in [0.2, 0.25) is 0 Å². The summed E-state index contributed by atoms with van der Waals surface area (Å²) in [5.74, 6) is -0.674. The van der Waals surface area contributed by atoms with E-state index in [4.69, 9.17) is 0 Å². The van der Waals surface area contributed by atoms with E-state index in [1.54, 1.807) is 0 Å². The zero-order chi connectivity index (χ0) is 14.1. The molecule has 4 heteroatoms. The zero-order valence-corrected chi connectivity index (χ0v) is 11.9. The van der Waals surface area contributed by atoms with Gasteiger partial charge in [0.15, 0.2) is 0 Å². The van der Waals surface area contributed by atoms with Gasteiger partial charge in [0.25, 0.3) is 0 Å². The third-order valence-corrected chi connectivity index (χ3v) is 4.56. The standard InChI is InChI=1S/C16H22N2O2/c1-11(18-8-2-3-15(18)16(19)20)9-12-4-5-14-13(10-12)6-7-17-14/h4-5,10-11,15,17H,2-3,6-9H2,1H3,(H,19,20). The molecule has 0 radical (unpaired) electrons. The Hall–Kier alpha value is -1.55. The Labute approximate surface area is 119 Å². The summed E-state index contributed by atoms with van der Waals surface area (Å²) in [5, 5.41) is 12.6. The van der Waals surface area contributed by atoms with E-state index in [1.807, 2.05) is 0 Å². The summed E-state index contributed by atoms with van der Waals surface area (Å²) in [6.45, 7) is 4.08. The average molecular weight is 274 g/mol. The van der Waals surface area contributed by atoms with E-state index in [-0.39, 0.29) is 12.1 Å². The molecule has 2 unspecified atom stereocenters. The van der Waals surface area contributed by atoms with Crippen LogP contribution in [-0.4, -0.2) is 41.1 Å². The molecule has 2 heterocycles. The summed E-state index contributed by atoms with van der Waals surface area (Å²) in [5.41, 5.74) is 3.97. The van der Waals surface area contributed by atoms with Gasteiger partial charge >= 0.3 is 5.97 Å². The lowest BCUT2D eigenvalue weighted by molar-refractivity contribution is -0.142. The van der Waals surface area contributed by atoms with Crippen molar-refractivity contribution in [3.05, 3.63) is 29.3 Å². The average Bonchev–Trinajstić information content (AvgIpc) is 3.06. The van der Waals surface area contributed by atoms with Crippen LogP contribution in [0.5, 0.6) is 0 Å². The van der Waals surface area contributed by atoms with E-state index in [0.29, 0.717) is 0 Å². The molecule has 4 nitrogen and oxygen atoms in total. The van der Waals surface area contributed by atoms with Crippen molar-refractivity contribution in [2.75, 3.05) is 18.4 Å². The van der Waals surface area contributed by atoms with Crippen molar-refractivity contribution in [3.8, 4) is 0 Å².